The van der Waals surface area contributed by atoms with Crippen LogP contribution in [0, 0.1) is 5.92 Å². The van der Waals surface area contributed by atoms with Crippen molar-refractivity contribution in [2.45, 2.75) is 46.5 Å². The Kier molecular flexibility index (Phi) is 7.56. The van der Waals surface area contributed by atoms with Gasteiger partial charge in [0, 0.05) is 17.9 Å². The predicted molar refractivity (Wildman–Crippen MR) is 141 cm³/mol. The zero-order chi connectivity index (χ0) is 23.2. The summed E-state index contributed by atoms with van der Waals surface area (Å²) in [5, 5.41) is 3.51. The Bertz CT molecular complexity index is 1120. The molecule has 0 atom stereocenters. The molecule has 1 fully saturated rings. The second-order valence-corrected chi connectivity index (χ2v) is 8.90. The fraction of sp³-hybridized carbons (Fsp3) is 0.379. The predicted octanol–water partition coefficient (Wildman–Crippen LogP) is 6.48. The third-order valence-electron chi connectivity index (χ3n) is 6.73. The zero-order valence-electron chi connectivity index (χ0n) is 20.3. The molecule has 1 aliphatic heterocycles. The van der Waals surface area contributed by atoms with Crippen LogP contribution in [-0.2, 0) is 12.8 Å². The van der Waals surface area contributed by atoms with Gasteiger partial charge in [-0.05, 0) is 98.6 Å². The summed E-state index contributed by atoms with van der Waals surface area (Å²) in [6, 6.07) is 13.6. The van der Waals surface area contributed by atoms with Gasteiger partial charge in [0.05, 0.1) is 22.9 Å². The number of nitrogens with one attached hydrogen (secondary N) is 1. The van der Waals surface area contributed by atoms with Gasteiger partial charge in [-0.3, -0.25) is 4.98 Å². The van der Waals surface area contributed by atoms with Crippen molar-refractivity contribution in [2.75, 3.05) is 24.5 Å². The van der Waals surface area contributed by atoms with Crippen molar-refractivity contribution >= 4 is 28.0 Å². The lowest BCUT2D eigenvalue weighted by molar-refractivity contribution is 0.381. The highest BCUT2D eigenvalue weighted by molar-refractivity contribution is 5.83. The molecule has 4 heteroatoms. The molecule has 0 amide bonds. The van der Waals surface area contributed by atoms with Gasteiger partial charge in [-0.1, -0.05) is 38.6 Å². The van der Waals surface area contributed by atoms with Crippen LogP contribution in [0.1, 0.15) is 50.4 Å². The number of aryl methyl sites for hydroxylation is 2. The average Bonchev–Trinajstić information content (AvgIpc) is 2.87. The monoisotopic (exact) mass is 440 g/mol. The number of aromatic nitrogens is 2. The van der Waals surface area contributed by atoms with Gasteiger partial charge < -0.3 is 10.2 Å². The lowest BCUT2D eigenvalue weighted by Gasteiger charge is -2.32. The maximum Gasteiger partial charge on any atom is 0.0915 e. The largest absolute Gasteiger partial charge is 0.341 e. The quantitative estimate of drug-likeness (QED) is 0.407. The van der Waals surface area contributed by atoms with Crippen LogP contribution in [0.4, 0.5) is 11.4 Å². The first kappa shape index (κ1) is 23.2. The first-order valence-electron chi connectivity index (χ1n) is 12.3. The van der Waals surface area contributed by atoms with E-state index in [4.69, 9.17) is 4.98 Å². The maximum atomic E-state index is 4.93. The Morgan fingerprint density at radius 1 is 1.03 bits per heavy atom. The molecule has 33 heavy (non-hydrogen) atoms. The van der Waals surface area contributed by atoms with Gasteiger partial charge in [0.15, 0.2) is 0 Å². The van der Waals surface area contributed by atoms with Crippen LogP contribution in [0.15, 0.2) is 61.3 Å². The van der Waals surface area contributed by atoms with Crippen LogP contribution >= 0.6 is 0 Å². The molecule has 1 N–H and O–H groups in total. The van der Waals surface area contributed by atoms with Crippen molar-refractivity contribution in [3.8, 4) is 0 Å². The number of hydrogen-bond acceptors (Lipinski definition) is 4. The highest BCUT2D eigenvalue weighted by Crippen LogP contribution is 2.32. The highest BCUT2D eigenvalue weighted by atomic mass is 15.1. The van der Waals surface area contributed by atoms with Crippen molar-refractivity contribution < 1.29 is 0 Å². The van der Waals surface area contributed by atoms with Gasteiger partial charge in [-0.15, -0.1) is 0 Å². The molecule has 2 aromatic carbocycles. The summed E-state index contributed by atoms with van der Waals surface area (Å²) in [5.74, 6) is 0.671. The molecular formula is C29H36N4. The Morgan fingerprint density at radius 3 is 2.39 bits per heavy atom. The lowest BCUT2D eigenvalue weighted by Crippen LogP contribution is -2.34. The Morgan fingerprint density at radius 2 is 1.76 bits per heavy atom. The van der Waals surface area contributed by atoms with E-state index >= 15 is 0 Å². The first-order valence-corrected chi connectivity index (χ1v) is 12.3. The smallest absolute Gasteiger partial charge is 0.0915 e. The minimum Gasteiger partial charge on any atom is -0.341 e. The highest BCUT2D eigenvalue weighted by Gasteiger charge is 2.20. The molecule has 4 nitrogen and oxygen atoms in total. The van der Waals surface area contributed by atoms with E-state index in [0.29, 0.717) is 5.92 Å². The van der Waals surface area contributed by atoms with Crippen LogP contribution in [0.5, 0.6) is 0 Å². The Hall–Kier alpha value is -2.98. The van der Waals surface area contributed by atoms with Crippen molar-refractivity contribution in [3.63, 3.8) is 0 Å². The number of nitrogens with zero attached hydrogens (tertiary/aromatic N) is 3. The molecular weight excluding hydrogens is 404 g/mol. The molecule has 1 aliphatic rings. The van der Waals surface area contributed by atoms with Crippen LogP contribution < -0.4 is 10.2 Å². The molecule has 2 heterocycles. The summed E-state index contributed by atoms with van der Waals surface area (Å²) >= 11 is 0. The molecule has 0 bridgehead atoms. The van der Waals surface area contributed by atoms with Crippen molar-refractivity contribution in [3.05, 3.63) is 78.1 Å². The summed E-state index contributed by atoms with van der Waals surface area (Å²) in [6.07, 6.45) is 10.2. The molecule has 172 valence electrons. The molecule has 0 aliphatic carbocycles. The average molecular weight is 441 g/mol. The summed E-state index contributed by atoms with van der Waals surface area (Å²) in [7, 11) is 0. The summed E-state index contributed by atoms with van der Waals surface area (Å²) in [6.45, 7) is 13.6. The molecule has 1 saturated heterocycles. The van der Waals surface area contributed by atoms with E-state index in [2.05, 4.69) is 72.0 Å². The minimum absolute atomic E-state index is 0.671. The number of allylic oxidation sites excluding steroid dienone is 3. The second kappa shape index (κ2) is 10.8. The van der Waals surface area contributed by atoms with Crippen LogP contribution in [0.2, 0.25) is 0 Å². The number of piperidine rings is 1. The fourth-order valence-corrected chi connectivity index (χ4v) is 4.67. The van der Waals surface area contributed by atoms with E-state index in [1.807, 2.05) is 25.3 Å². The molecule has 3 aromatic rings. The first-order chi connectivity index (χ1) is 16.1. The standard InChI is InChI=1S/C29H36N4/c1-5-21-15-22(6-2)17-26(16-21)33(20-23-11-13-30-14-12-23)25-9-10-27-28(18-25)32-29(19-31-27)24(7-3)8-4/h7-10,15-19,23,30H,3,5-6,11-14,20H2,1-2,4H3/b24-8+. The fourth-order valence-electron chi connectivity index (χ4n) is 4.67. The molecule has 1 aromatic heterocycles. The van der Waals surface area contributed by atoms with Crippen LogP contribution in [-0.4, -0.2) is 29.6 Å². The molecule has 0 spiro atoms. The third kappa shape index (κ3) is 5.33. The van der Waals surface area contributed by atoms with Crippen LogP contribution in [0.3, 0.4) is 0 Å². The van der Waals surface area contributed by atoms with Crippen molar-refractivity contribution in [1.82, 2.24) is 15.3 Å². The topological polar surface area (TPSA) is 41.1 Å². The normalized spacial score (nSPS) is 15.1. The lowest BCUT2D eigenvalue weighted by atomic mass is 9.96. The number of rotatable bonds is 8. The van der Waals surface area contributed by atoms with Crippen molar-refractivity contribution in [1.29, 1.82) is 0 Å². The van der Waals surface area contributed by atoms with E-state index in [9.17, 15) is 0 Å². The summed E-state index contributed by atoms with van der Waals surface area (Å²) in [5.41, 5.74) is 8.96. The van der Waals surface area contributed by atoms with Crippen LogP contribution in [0.25, 0.3) is 16.6 Å². The SMILES string of the molecule is C=C/C(=C\C)c1cnc2ccc(N(CC3CCNCC3)c3cc(CC)cc(CC)c3)cc2n1. The number of hydrogen-bond donors (Lipinski definition) is 1. The maximum absolute atomic E-state index is 4.93. The van der Waals surface area contributed by atoms with E-state index in [1.54, 1.807) is 0 Å². The van der Waals surface area contributed by atoms with E-state index in [0.717, 1.165) is 54.8 Å². The minimum atomic E-state index is 0.671. The van der Waals surface area contributed by atoms with Gasteiger partial charge in [0.2, 0.25) is 0 Å². The molecule has 0 unspecified atom stereocenters. The Labute approximate surface area is 198 Å². The van der Waals surface area contributed by atoms with Gasteiger partial charge in [-0.2, -0.15) is 0 Å². The van der Waals surface area contributed by atoms with Gasteiger partial charge in [0.25, 0.3) is 0 Å². The number of anilines is 2. The third-order valence-corrected chi connectivity index (χ3v) is 6.73. The molecule has 4 rings (SSSR count). The number of benzene rings is 2. The van der Waals surface area contributed by atoms with E-state index in [1.165, 1.54) is 35.3 Å². The van der Waals surface area contributed by atoms with E-state index < -0.39 is 0 Å². The molecule has 0 saturated carbocycles. The second-order valence-electron chi connectivity index (χ2n) is 8.90. The van der Waals surface area contributed by atoms with Gasteiger partial charge in [0.1, 0.15) is 0 Å². The van der Waals surface area contributed by atoms with E-state index in [-0.39, 0.29) is 0 Å². The summed E-state index contributed by atoms with van der Waals surface area (Å²) < 4.78 is 0. The summed E-state index contributed by atoms with van der Waals surface area (Å²) in [4.78, 5) is 12.1. The molecule has 0 radical (unpaired) electrons. The Balaban J connectivity index is 1.79. The number of fused-ring (bicyclic) bond motifs is 1. The zero-order valence-corrected chi connectivity index (χ0v) is 20.3. The van der Waals surface area contributed by atoms with Gasteiger partial charge >= 0.3 is 0 Å². The van der Waals surface area contributed by atoms with Crippen molar-refractivity contribution in [2.24, 2.45) is 5.92 Å². The van der Waals surface area contributed by atoms with Gasteiger partial charge in [-0.25, -0.2) is 4.98 Å².